The molecule has 0 bridgehead atoms. The highest BCUT2D eigenvalue weighted by atomic mass is 35.5. The summed E-state index contributed by atoms with van der Waals surface area (Å²) in [5.74, 6) is 0. The second-order valence-corrected chi connectivity index (χ2v) is 2.82. The van der Waals surface area contributed by atoms with Gasteiger partial charge in [-0.3, -0.25) is 10.1 Å². The van der Waals surface area contributed by atoms with Crippen LogP contribution in [0.1, 0.15) is 12.6 Å². The van der Waals surface area contributed by atoms with E-state index in [0.717, 1.165) is 6.07 Å². The fourth-order valence-electron chi connectivity index (χ4n) is 0.940. The summed E-state index contributed by atoms with van der Waals surface area (Å²) in [6.07, 6.45) is 0.408. The number of rotatable bonds is 2. The summed E-state index contributed by atoms with van der Waals surface area (Å²) in [4.78, 5) is 9.79. The Morgan fingerprint density at radius 2 is 2.23 bits per heavy atom. The molecule has 6 heteroatoms. The molecule has 0 atom stereocenters. The zero-order valence-electron chi connectivity index (χ0n) is 6.86. The lowest BCUT2D eigenvalue weighted by molar-refractivity contribution is -0.612. The number of hydrogen-bond acceptors (Lipinski definition) is 3. The highest BCUT2D eigenvalue weighted by molar-refractivity contribution is 6.28. The molecule has 0 fully saturated rings. The highest BCUT2D eigenvalue weighted by Crippen LogP contribution is 2.15. The lowest BCUT2D eigenvalue weighted by Crippen LogP contribution is -2.32. The Balaban J connectivity index is 3.30. The molecule has 1 heterocycles. The van der Waals surface area contributed by atoms with Gasteiger partial charge in [-0.25, -0.2) is 0 Å². The molecule has 0 N–H and O–H groups in total. The average molecular weight is 203 g/mol. The number of nitro groups is 1. The predicted octanol–water partition coefficient (Wildman–Crippen LogP) is 1.44. The van der Waals surface area contributed by atoms with E-state index in [1.807, 2.05) is 0 Å². The van der Waals surface area contributed by atoms with Crippen molar-refractivity contribution in [1.82, 2.24) is 0 Å². The highest BCUT2D eigenvalue weighted by Gasteiger charge is 2.17. The van der Waals surface area contributed by atoms with E-state index >= 15 is 0 Å². The quantitative estimate of drug-likeness (QED) is 0.240. The van der Waals surface area contributed by atoms with Crippen LogP contribution in [-0.2, 0) is 6.42 Å². The van der Waals surface area contributed by atoms with Gasteiger partial charge in [0.25, 0.3) is 10.8 Å². The summed E-state index contributed by atoms with van der Waals surface area (Å²) in [5, 5.41) is 21.3. The van der Waals surface area contributed by atoms with E-state index in [4.69, 9.17) is 11.6 Å². The van der Waals surface area contributed by atoms with Crippen LogP contribution in [0, 0.1) is 15.3 Å². The van der Waals surface area contributed by atoms with Crippen LogP contribution in [0.4, 0.5) is 5.69 Å². The minimum absolute atomic E-state index is 0.158. The molecular formula is C7H7ClN2O3. The standard InChI is InChI=1S/C7H7ClN2O3/c1-2-5-3-6(10(12)13)4-7(8)9(5)11/h3-4H,2H2,1H3. The molecule has 1 rings (SSSR count). The molecule has 0 radical (unpaired) electrons. The number of pyridine rings is 1. The van der Waals surface area contributed by atoms with Crippen molar-refractivity contribution in [3.05, 3.63) is 38.3 Å². The summed E-state index contributed by atoms with van der Waals surface area (Å²) >= 11 is 5.49. The van der Waals surface area contributed by atoms with E-state index in [-0.39, 0.29) is 10.8 Å². The molecule has 0 saturated carbocycles. The Morgan fingerprint density at radius 3 is 2.69 bits per heavy atom. The van der Waals surface area contributed by atoms with Gasteiger partial charge < -0.3 is 5.21 Å². The second-order valence-electron chi connectivity index (χ2n) is 2.43. The van der Waals surface area contributed by atoms with Gasteiger partial charge in [0.2, 0.25) is 5.69 Å². The normalized spacial score (nSPS) is 10.0. The Morgan fingerprint density at radius 1 is 1.62 bits per heavy atom. The number of nitrogens with zero attached hydrogens (tertiary/aromatic N) is 2. The van der Waals surface area contributed by atoms with E-state index in [9.17, 15) is 15.3 Å². The third-order valence-electron chi connectivity index (χ3n) is 1.61. The predicted molar refractivity (Wildman–Crippen MR) is 46.4 cm³/mol. The van der Waals surface area contributed by atoms with Gasteiger partial charge in [0.1, 0.15) is 6.07 Å². The molecule has 1 aromatic rings. The summed E-state index contributed by atoms with van der Waals surface area (Å²) in [7, 11) is 0. The molecule has 0 aliphatic heterocycles. The molecule has 70 valence electrons. The van der Waals surface area contributed by atoms with Gasteiger partial charge in [0.05, 0.1) is 11.0 Å². The fraction of sp³-hybridized carbons (Fsp3) is 0.286. The SMILES string of the molecule is CCc1cc([N+](=O)[O-])cc(Cl)[n+]1[O-]. The van der Waals surface area contributed by atoms with E-state index in [2.05, 4.69) is 0 Å². The number of halogens is 1. The van der Waals surface area contributed by atoms with E-state index in [0.29, 0.717) is 16.8 Å². The maximum atomic E-state index is 11.1. The van der Waals surface area contributed by atoms with Crippen molar-refractivity contribution in [3.63, 3.8) is 0 Å². The Bertz CT molecular complexity index is 354. The Hall–Kier alpha value is -1.36. The van der Waals surface area contributed by atoms with Crippen LogP contribution in [-0.4, -0.2) is 4.92 Å². The minimum atomic E-state index is -0.578. The van der Waals surface area contributed by atoms with Crippen LogP contribution >= 0.6 is 11.6 Å². The first-order valence-corrected chi connectivity index (χ1v) is 4.00. The smallest absolute Gasteiger partial charge is 0.293 e. The molecular weight excluding hydrogens is 196 g/mol. The second kappa shape index (κ2) is 3.57. The van der Waals surface area contributed by atoms with Crippen LogP contribution < -0.4 is 4.73 Å². The molecule has 0 aromatic carbocycles. The third-order valence-corrected chi connectivity index (χ3v) is 1.87. The summed E-state index contributed by atoms with van der Waals surface area (Å²) < 4.78 is 0.481. The van der Waals surface area contributed by atoms with Crippen molar-refractivity contribution < 1.29 is 9.65 Å². The van der Waals surface area contributed by atoms with E-state index in [1.54, 1.807) is 6.92 Å². The maximum Gasteiger partial charge on any atom is 0.293 e. The zero-order valence-corrected chi connectivity index (χ0v) is 7.61. The van der Waals surface area contributed by atoms with Gasteiger partial charge in [-0.1, -0.05) is 6.92 Å². The molecule has 0 amide bonds. The molecule has 13 heavy (non-hydrogen) atoms. The summed E-state index contributed by atoms with van der Waals surface area (Å²) in [6.45, 7) is 1.73. The monoisotopic (exact) mass is 202 g/mol. The zero-order chi connectivity index (χ0) is 10.0. The topological polar surface area (TPSA) is 70.1 Å². The summed E-state index contributed by atoms with van der Waals surface area (Å²) in [5.41, 5.74) is 0.133. The molecule has 0 spiro atoms. The van der Waals surface area contributed by atoms with Gasteiger partial charge in [0.15, 0.2) is 0 Å². The van der Waals surface area contributed by atoms with Crippen LogP contribution in [0.25, 0.3) is 0 Å². The maximum absolute atomic E-state index is 11.1. The van der Waals surface area contributed by atoms with Crippen molar-refractivity contribution in [2.24, 2.45) is 0 Å². The van der Waals surface area contributed by atoms with Gasteiger partial charge in [-0.15, -0.1) is 0 Å². The first-order valence-electron chi connectivity index (χ1n) is 3.62. The lowest BCUT2D eigenvalue weighted by Gasteiger charge is -2.03. The van der Waals surface area contributed by atoms with Crippen molar-refractivity contribution in [2.75, 3.05) is 0 Å². The third kappa shape index (κ3) is 1.86. The lowest BCUT2D eigenvalue weighted by atomic mass is 10.3. The van der Waals surface area contributed by atoms with Crippen molar-refractivity contribution in [1.29, 1.82) is 0 Å². The van der Waals surface area contributed by atoms with Crippen LogP contribution in [0.15, 0.2) is 12.1 Å². The van der Waals surface area contributed by atoms with E-state index < -0.39 is 4.92 Å². The van der Waals surface area contributed by atoms with Gasteiger partial charge >= 0.3 is 0 Å². The van der Waals surface area contributed by atoms with Crippen molar-refractivity contribution >= 4 is 17.3 Å². The first kappa shape index (κ1) is 9.73. The molecule has 0 unspecified atom stereocenters. The number of aromatic nitrogens is 1. The van der Waals surface area contributed by atoms with Crippen molar-refractivity contribution in [3.8, 4) is 0 Å². The number of hydrogen-bond donors (Lipinski definition) is 0. The first-order chi connectivity index (χ1) is 6.06. The van der Waals surface area contributed by atoms with E-state index in [1.165, 1.54) is 6.07 Å². The molecule has 1 aromatic heterocycles. The molecule has 0 aliphatic carbocycles. The Labute approximate surface area is 79.3 Å². The number of aryl methyl sites for hydroxylation is 1. The van der Waals surface area contributed by atoms with Gasteiger partial charge in [-0.2, -0.15) is 4.73 Å². The Kier molecular flexibility index (Phi) is 2.67. The molecule has 5 nitrogen and oxygen atoms in total. The van der Waals surface area contributed by atoms with Crippen LogP contribution in [0.2, 0.25) is 5.15 Å². The van der Waals surface area contributed by atoms with Gasteiger partial charge in [0, 0.05) is 6.42 Å². The summed E-state index contributed by atoms with van der Waals surface area (Å²) in [6, 6.07) is 2.26. The van der Waals surface area contributed by atoms with Crippen LogP contribution in [0.5, 0.6) is 0 Å². The fourth-order valence-corrected chi connectivity index (χ4v) is 1.16. The largest absolute Gasteiger partial charge is 0.617 e. The molecule has 0 aliphatic rings. The van der Waals surface area contributed by atoms with Gasteiger partial charge in [-0.05, 0) is 11.6 Å². The molecule has 0 saturated heterocycles. The minimum Gasteiger partial charge on any atom is -0.617 e. The van der Waals surface area contributed by atoms with Crippen LogP contribution in [0.3, 0.4) is 0 Å². The average Bonchev–Trinajstić information content (AvgIpc) is 2.09. The van der Waals surface area contributed by atoms with Crippen molar-refractivity contribution in [2.45, 2.75) is 13.3 Å².